The molecule has 1 radical (unpaired) electrons. The van der Waals surface area contributed by atoms with E-state index in [-0.39, 0.29) is 0 Å². The van der Waals surface area contributed by atoms with Gasteiger partial charge in [-0.2, -0.15) is 0 Å². The number of nitrogens with one attached hydrogen (secondary N) is 1. The number of nitrogens with zero attached hydrogens (tertiary/aromatic N) is 3. The van der Waals surface area contributed by atoms with Crippen LogP contribution < -0.4 is 10.2 Å². The van der Waals surface area contributed by atoms with E-state index in [4.69, 9.17) is 4.84 Å². The van der Waals surface area contributed by atoms with E-state index in [2.05, 4.69) is 56.6 Å². The molecule has 5 heteroatoms. The highest BCUT2D eigenvalue weighted by atomic mass is 16.7. The number of para-hydroxylation sites is 1. The van der Waals surface area contributed by atoms with Crippen molar-refractivity contribution in [3.8, 4) is 0 Å². The largest absolute Gasteiger partial charge is 0.391 e. The fourth-order valence-electron chi connectivity index (χ4n) is 3.59. The molecular formula is C16H27N4O+2. The Hall–Kier alpha value is -1.56. The van der Waals surface area contributed by atoms with Crippen LogP contribution in [0.3, 0.4) is 0 Å². The van der Waals surface area contributed by atoms with Gasteiger partial charge in [-0.3, -0.25) is 0 Å². The van der Waals surface area contributed by atoms with Crippen LogP contribution >= 0.6 is 0 Å². The van der Waals surface area contributed by atoms with Crippen molar-refractivity contribution in [2.24, 2.45) is 0 Å². The predicted octanol–water partition coefficient (Wildman–Crippen LogP) is 2.74. The molecule has 0 saturated carbocycles. The summed E-state index contributed by atoms with van der Waals surface area (Å²) < 4.78 is 1.50. The third-order valence-electron chi connectivity index (χ3n) is 4.73. The SMILES string of the molecule is CC[N+](CC)(c1[c]cccc1)[N+](CC)(CC)N1C=CON1. The van der Waals surface area contributed by atoms with Crippen molar-refractivity contribution < 1.29 is 9.54 Å². The number of quaternary nitrogens is 2. The Kier molecular flexibility index (Phi) is 4.88. The molecule has 1 aromatic rings. The average Bonchev–Trinajstić information content (AvgIpc) is 3.08. The van der Waals surface area contributed by atoms with Crippen molar-refractivity contribution in [3.63, 3.8) is 0 Å². The molecule has 1 aliphatic rings. The summed E-state index contributed by atoms with van der Waals surface area (Å²) in [5.41, 5.74) is 4.21. The normalized spacial score (nSPS) is 15.3. The molecule has 1 N–H and O–H groups in total. The van der Waals surface area contributed by atoms with Gasteiger partial charge >= 0.3 is 0 Å². The predicted molar refractivity (Wildman–Crippen MR) is 84.7 cm³/mol. The van der Waals surface area contributed by atoms with Crippen LogP contribution in [0.5, 0.6) is 0 Å². The van der Waals surface area contributed by atoms with Crippen molar-refractivity contribution in [3.05, 3.63) is 42.8 Å². The van der Waals surface area contributed by atoms with Crippen LogP contribution in [-0.4, -0.2) is 36.0 Å². The molecule has 0 aliphatic carbocycles. The van der Waals surface area contributed by atoms with Crippen LogP contribution in [0.1, 0.15) is 27.7 Å². The number of benzene rings is 1. The van der Waals surface area contributed by atoms with Gasteiger partial charge in [0.2, 0.25) is 0 Å². The van der Waals surface area contributed by atoms with Gasteiger partial charge in [0, 0.05) is 6.07 Å². The van der Waals surface area contributed by atoms with E-state index >= 15 is 0 Å². The topological polar surface area (TPSA) is 24.5 Å². The number of rotatable bonds is 7. The fourth-order valence-corrected chi connectivity index (χ4v) is 3.59. The van der Waals surface area contributed by atoms with E-state index < -0.39 is 0 Å². The second-order valence-electron chi connectivity index (χ2n) is 5.15. The molecule has 1 aromatic carbocycles. The van der Waals surface area contributed by atoms with Gasteiger partial charge in [0.1, 0.15) is 38.6 Å². The molecule has 2 rings (SSSR count). The molecule has 0 fully saturated rings. The lowest BCUT2D eigenvalue weighted by Crippen LogP contribution is -2.80. The monoisotopic (exact) mass is 291 g/mol. The van der Waals surface area contributed by atoms with Crippen molar-refractivity contribution >= 4 is 5.69 Å². The van der Waals surface area contributed by atoms with E-state index in [1.807, 2.05) is 18.3 Å². The first-order valence-corrected chi connectivity index (χ1v) is 7.80. The Bertz CT molecular complexity index is 466. The number of hydrogen-bond donors (Lipinski definition) is 1. The van der Waals surface area contributed by atoms with Gasteiger partial charge in [0.25, 0.3) is 0 Å². The quantitative estimate of drug-likeness (QED) is 0.617. The van der Waals surface area contributed by atoms with Crippen molar-refractivity contribution in [1.29, 1.82) is 0 Å². The zero-order valence-corrected chi connectivity index (χ0v) is 13.5. The summed E-state index contributed by atoms with van der Waals surface area (Å²) in [5.74, 6) is 0. The van der Waals surface area contributed by atoms with Crippen LogP contribution in [-0.2, 0) is 4.84 Å². The molecule has 1 aliphatic heterocycles. The first-order valence-electron chi connectivity index (χ1n) is 7.80. The first kappa shape index (κ1) is 15.8. The molecule has 0 spiro atoms. The smallest absolute Gasteiger partial charge is 0.190 e. The minimum atomic E-state index is 0.712. The lowest BCUT2D eigenvalue weighted by atomic mass is 10.2. The molecular weight excluding hydrogens is 264 g/mol. The van der Waals surface area contributed by atoms with Gasteiger partial charge in [-0.25, -0.2) is 0 Å². The Labute approximate surface area is 128 Å². The Morgan fingerprint density at radius 2 is 1.81 bits per heavy atom. The summed E-state index contributed by atoms with van der Waals surface area (Å²) in [6.45, 7) is 12.8. The molecule has 0 unspecified atom stereocenters. The minimum absolute atomic E-state index is 0.712. The maximum atomic E-state index is 5.25. The van der Waals surface area contributed by atoms with Crippen molar-refractivity contribution in [2.45, 2.75) is 27.7 Å². The van der Waals surface area contributed by atoms with E-state index in [0.29, 0.717) is 4.70 Å². The zero-order chi connectivity index (χ0) is 15.3. The maximum Gasteiger partial charge on any atom is 0.190 e. The van der Waals surface area contributed by atoms with Gasteiger partial charge in [-0.1, -0.05) is 22.0 Å². The standard InChI is InChI=1S/C16H27N4O/c1-5-19(6-2,16-12-10-9-11-13-16)20(7-3,8-4)18-14-15-21-17-18/h9-12,14-15,17H,5-8H2,1-4H3/q+2. The summed E-state index contributed by atoms with van der Waals surface area (Å²) in [6.07, 6.45) is 3.65. The molecule has 21 heavy (non-hydrogen) atoms. The molecule has 0 bridgehead atoms. The second-order valence-corrected chi connectivity index (χ2v) is 5.15. The first-order chi connectivity index (χ1) is 10.2. The van der Waals surface area contributed by atoms with Gasteiger partial charge < -0.3 is 4.84 Å². The molecule has 0 aromatic heterocycles. The summed E-state index contributed by atoms with van der Waals surface area (Å²) in [5, 5.41) is 2.06. The number of hydrazine groups is 1. The third-order valence-corrected chi connectivity index (χ3v) is 4.73. The maximum absolute atomic E-state index is 5.25. The van der Waals surface area contributed by atoms with Gasteiger partial charge in [-0.15, -0.1) is 4.59 Å². The molecule has 5 nitrogen and oxygen atoms in total. The average molecular weight is 291 g/mol. The van der Waals surface area contributed by atoms with Crippen LogP contribution in [0.4, 0.5) is 5.69 Å². The molecule has 115 valence electrons. The van der Waals surface area contributed by atoms with E-state index in [1.165, 1.54) is 5.69 Å². The van der Waals surface area contributed by atoms with Crippen LogP contribution in [0, 0.1) is 6.07 Å². The van der Waals surface area contributed by atoms with E-state index in [0.717, 1.165) is 30.8 Å². The van der Waals surface area contributed by atoms with E-state index in [9.17, 15) is 0 Å². The van der Waals surface area contributed by atoms with Crippen LogP contribution in [0.2, 0.25) is 0 Å². The lowest BCUT2D eigenvalue weighted by Gasteiger charge is -2.52. The lowest BCUT2D eigenvalue weighted by molar-refractivity contribution is -1.12. The minimum Gasteiger partial charge on any atom is -0.391 e. The summed E-state index contributed by atoms with van der Waals surface area (Å²) in [6, 6.07) is 11.7. The highest BCUT2D eigenvalue weighted by molar-refractivity contribution is 5.38. The highest BCUT2D eigenvalue weighted by Gasteiger charge is 2.53. The molecule has 0 saturated heterocycles. The van der Waals surface area contributed by atoms with Crippen molar-refractivity contribution in [2.75, 3.05) is 26.2 Å². The second kappa shape index (κ2) is 6.47. The molecule has 0 atom stereocenters. The summed E-state index contributed by atoms with van der Waals surface area (Å²) in [4.78, 5) is 5.25. The number of hydrogen-bond acceptors (Lipinski definition) is 3. The van der Waals surface area contributed by atoms with Crippen molar-refractivity contribution in [1.82, 2.24) is 15.3 Å². The Balaban J connectivity index is 2.58. The fraction of sp³-hybridized carbons (Fsp3) is 0.500. The van der Waals surface area contributed by atoms with Crippen LogP contribution in [0.25, 0.3) is 0 Å². The van der Waals surface area contributed by atoms with E-state index in [1.54, 1.807) is 6.26 Å². The highest BCUT2D eigenvalue weighted by Crippen LogP contribution is 2.33. The zero-order valence-electron chi connectivity index (χ0n) is 13.5. The Morgan fingerprint density at radius 1 is 1.10 bits per heavy atom. The Morgan fingerprint density at radius 3 is 2.24 bits per heavy atom. The summed E-state index contributed by atoms with van der Waals surface area (Å²) in [7, 11) is 0. The summed E-state index contributed by atoms with van der Waals surface area (Å²) >= 11 is 0. The van der Waals surface area contributed by atoms with Gasteiger partial charge in [0.15, 0.2) is 5.69 Å². The van der Waals surface area contributed by atoms with Gasteiger partial charge in [-0.05, 0) is 39.4 Å². The molecule has 1 heterocycles. The molecule has 0 amide bonds. The van der Waals surface area contributed by atoms with Crippen LogP contribution in [0.15, 0.2) is 36.7 Å². The van der Waals surface area contributed by atoms with Gasteiger partial charge in [0.05, 0.1) is 6.07 Å². The third kappa shape index (κ3) is 2.31.